The molecule has 0 saturated carbocycles. The molecule has 0 fully saturated rings. The average Bonchev–Trinajstić information content (AvgIpc) is 3.22. The highest BCUT2D eigenvalue weighted by Gasteiger charge is 2.30. The maximum absolute atomic E-state index is 12.9. The molecule has 0 aliphatic heterocycles. The van der Waals surface area contributed by atoms with Crippen LogP contribution in [0.1, 0.15) is 18.9 Å². The van der Waals surface area contributed by atoms with Crippen LogP contribution in [0.3, 0.4) is 0 Å². The van der Waals surface area contributed by atoms with E-state index in [1.165, 1.54) is 23.5 Å². The second-order valence-electron chi connectivity index (χ2n) is 6.33. The van der Waals surface area contributed by atoms with E-state index in [9.17, 15) is 22.8 Å². The van der Waals surface area contributed by atoms with E-state index in [0.29, 0.717) is 23.4 Å². The summed E-state index contributed by atoms with van der Waals surface area (Å²) in [5.74, 6) is -0.183. The van der Waals surface area contributed by atoms with Gasteiger partial charge >= 0.3 is 12.2 Å². The summed E-state index contributed by atoms with van der Waals surface area (Å²) in [7, 11) is 0. The monoisotopic (exact) mass is 433 g/mol. The lowest BCUT2D eigenvalue weighted by molar-refractivity contribution is -0.137. The summed E-state index contributed by atoms with van der Waals surface area (Å²) in [5, 5.41) is 11.6. The number of alkyl halides is 3. The quantitative estimate of drug-likeness (QED) is 0.434. The number of carbonyl (C=O) groups excluding carboxylic acids is 2. The summed E-state index contributed by atoms with van der Waals surface area (Å²) < 4.78 is 38.6. The highest BCUT2D eigenvalue weighted by atomic mass is 32.1. The maximum atomic E-state index is 12.9. The first kappa shape index (κ1) is 21.4. The molecule has 0 radical (unpaired) electrons. The van der Waals surface area contributed by atoms with E-state index in [4.69, 9.17) is 0 Å². The molecule has 0 spiro atoms. The minimum absolute atomic E-state index is 0.00912. The molecule has 0 aliphatic carbocycles. The van der Waals surface area contributed by atoms with Crippen LogP contribution in [-0.4, -0.2) is 11.9 Å². The van der Waals surface area contributed by atoms with E-state index in [2.05, 4.69) is 16.0 Å². The fourth-order valence-corrected chi connectivity index (χ4v) is 3.36. The third kappa shape index (κ3) is 5.38. The molecule has 3 aromatic rings. The Morgan fingerprint density at radius 1 is 0.967 bits per heavy atom. The Bertz CT molecular complexity index is 1050. The summed E-state index contributed by atoms with van der Waals surface area (Å²) in [6.45, 7) is 1.72. The van der Waals surface area contributed by atoms with Gasteiger partial charge in [0.05, 0.1) is 11.3 Å². The average molecular weight is 433 g/mol. The zero-order chi connectivity index (χ0) is 21.7. The highest BCUT2D eigenvalue weighted by Crippen LogP contribution is 2.33. The molecule has 0 unspecified atom stereocenters. The van der Waals surface area contributed by atoms with Crippen LogP contribution in [0, 0.1) is 0 Å². The Morgan fingerprint density at radius 2 is 1.73 bits per heavy atom. The van der Waals surface area contributed by atoms with Gasteiger partial charge in [0.1, 0.15) is 0 Å². The number of rotatable bonds is 5. The third-order valence-electron chi connectivity index (χ3n) is 4.15. The first-order valence-electron chi connectivity index (χ1n) is 8.98. The maximum Gasteiger partial charge on any atom is 0.416 e. The van der Waals surface area contributed by atoms with Crippen LogP contribution >= 0.6 is 11.3 Å². The van der Waals surface area contributed by atoms with Gasteiger partial charge in [-0.1, -0.05) is 19.1 Å². The molecule has 5 nitrogen and oxygen atoms in total. The minimum Gasteiger partial charge on any atom is -0.326 e. The van der Waals surface area contributed by atoms with Crippen molar-refractivity contribution < 1.29 is 22.8 Å². The van der Waals surface area contributed by atoms with Gasteiger partial charge in [-0.2, -0.15) is 24.5 Å². The first-order valence-corrected chi connectivity index (χ1v) is 9.92. The number of nitrogens with one attached hydrogen (secondary N) is 3. The van der Waals surface area contributed by atoms with E-state index in [0.717, 1.165) is 17.7 Å². The predicted octanol–water partition coefficient (Wildman–Crippen LogP) is 6.43. The van der Waals surface area contributed by atoms with Crippen LogP contribution in [0.4, 0.5) is 35.0 Å². The van der Waals surface area contributed by atoms with Gasteiger partial charge in [0, 0.05) is 23.4 Å². The number of anilines is 3. The van der Waals surface area contributed by atoms with Crippen molar-refractivity contribution in [2.75, 3.05) is 16.0 Å². The fraction of sp³-hybridized carbons (Fsp3) is 0.143. The van der Waals surface area contributed by atoms with Gasteiger partial charge in [-0.15, -0.1) is 0 Å². The molecule has 156 valence electrons. The molecule has 9 heteroatoms. The van der Waals surface area contributed by atoms with Gasteiger partial charge in [-0.25, -0.2) is 4.79 Å². The fourth-order valence-electron chi connectivity index (χ4n) is 2.70. The molecule has 1 heterocycles. The number of hydrogen-bond acceptors (Lipinski definition) is 3. The van der Waals surface area contributed by atoms with Gasteiger partial charge in [-0.05, 0) is 52.7 Å². The molecular weight excluding hydrogens is 415 g/mol. The highest BCUT2D eigenvalue weighted by molar-refractivity contribution is 7.08. The Kier molecular flexibility index (Phi) is 6.41. The zero-order valence-electron chi connectivity index (χ0n) is 15.8. The van der Waals surface area contributed by atoms with Crippen molar-refractivity contribution in [3.05, 3.63) is 64.9 Å². The molecule has 3 N–H and O–H groups in total. The van der Waals surface area contributed by atoms with E-state index in [1.807, 2.05) is 16.8 Å². The van der Waals surface area contributed by atoms with Gasteiger partial charge in [-0.3, -0.25) is 4.79 Å². The second kappa shape index (κ2) is 9.00. The summed E-state index contributed by atoms with van der Waals surface area (Å²) in [5.41, 5.74) is 1.63. The molecule has 0 bridgehead atoms. The Balaban J connectivity index is 1.84. The lowest BCUT2D eigenvalue weighted by Crippen LogP contribution is -2.20. The SMILES string of the molecule is CCC(=O)Nc1ccc(-c2ccsc2)c(NC(=O)Nc2cccc(C(F)(F)F)c2)c1. The number of urea groups is 1. The van der Waals surface area contributed by atoms with Gasteiger partial charge in [0.25, 0.3) is 0 Å². The number of carbonyl (C=O) groups is 2. The molecule has 3 amide bonds. The number of hydrogen-bond donors (Lipinski definition) is 3. The van der Waals surface area contributed by atoms with Crippen LogP contribution in [0.2, 0.25) is 0 Å². The van der Waals surface area contributed by atoms with Gasteiger partial charge in [0.15, 0.2) is 0 Å². The normalized spacial score (nSPS) is 11.1. The van der Waals surface area contributed by atoms with Crippen molar-refractivity contribution in [3.63, 3.8) is 0 Å². The van der Waals surface area contributed by atoms with E-state index >= 15 is 0 Å². The van der Waals surface area contributed by atoms with Crippen LogP contribution < -0.4 is 16.0 Å². The van der Waals surface area contributed by atoms with Gasteiger partial charge in [0.2, 0.25) is 5.91 Å². The molecule has 0 aliphatic rings. The second-order valence-corrected chi connectivity index (χ2v) is 7.11. The van der Waals surface area contributed by atoms with Crippen LogP contribution in [0.25, 0.3) is 11.1 Å². The van der Waals surface area contributed by atoms with Crippen molar-refractivity contribution in [2.24, 2.45) is 0 Å². The lowest BCUT2D eigenvalue weighted by Gasteiger charge is -2.14. The molecule has 0 atom stereocenters. The van der Waals surface area contributed by atoms with Crippen molar-refractivity contribution >= 4 is 40.3 Å². The summed E-state index contributed by atoms with van der Waals surface area (Å²) in [4.78, 5) is 24.1. The van der Waals surface area contributed by atoms with Crippen LogP contribution in [0.5, 0.6) is 0 Å². The standard InChI is InChI=1S/C21H18F3N3O2S/c1-2-19(28)25-16-6-7-17(13-8-9-30-12-13)18(11-16)27-20(29)26-15-5-3-4-14(10-15)21(22,23)24/h3-12H,2H2,1H3,(H,25,28)(H2,26,27,29). The zero-order valence-corrected chi connectivity index (χ0v) is 16.7. The molecule has 0 saturated heterocycles. The number of benzene rings is 2. The van der Waals surface area contributed by atoms with Crippen LogP contribution in [0.15, 0.2) is 59.3 Å². The molecule has 3 rings (SSSR count). The molecule has 2 aromatic carbocycles. The number of amides is 3. The third-order valence-corrected chi connectivity index (χ3v) is 4.84. The lowest BCUT2D eigenvalue weighted by atomic mass is 10.1. The summed E-state index contributed by atoms with van der Waals surface area (Å²) in [6, 6.07) is 10.6. The largest absolute Gasteiger partial charge is 0.416 e. The minimum atomic E-state index is -4.51. The Labute approximate surface area is 174 Å². The smallest absolute Gasteiger partial charge is 0.326 e. The number of thiophene rings is 1. The topological polar surface area (TPSA) is 70.2 Å². The van der Waals surface area contributed by atoms with Crippen molar-refractivity contribution in [1.82, 2.24) is 0 Å². The van der Waals surface area contributed by atoms with Crippen molar-refractivity contribution in [1.29, 1.82) is 0 Å². The predicted molar refractivity (Wildman–Crippen MR) is 113 cm³/mol. The van der Waals surface area contributed by atoms with Gasteiger partial charge < -0.3 is 16.0 Å². The van der Waals surface area contributed by atoms with Crippen LogP contribution in [-0.2, 0) is 11.0 Å². The molecule has 1 aromatic heterocycles. The molecular formula is C21H18F3N3O2S. The molecule has 30 heavy (non-hydrogen) atoms. The van der Waals surface area contributed by atoms with E-state index in [1.54, 1.807) is 25.1 Å². The summed E-state index contributed by atoms with van der Waals surface area (Å²) in [6.07, 6.45) is -4.21. The Morgan fingerprint density at radius 3 is 2.40 bits per heavy atom. The first-order chi connectivity index (χ1) is 14.3. The van der Waals surface area contributed by atoms with E-state index in [-0.39, 0.29) is 11.6 Å². The summed E-state index contributed by atoms with van der Waals surface area (Å²) >= 11 is 1.48. The van der Waals surface area contributed by atoms with Crippen molar-refractivity contribution in [2.45, 2.75) is 19.5 Å². The van der Waals surface area contributed by atoms with Crippen molar-refractivity contribution in [3.8, 4) is 11.1 Å². The Hall–Kier alpha value is -3.33. The van der Waals surface area contributed by atoms with E-state index < -0.39 is 17.8 Å². The number of halogens is 3.